The van der Waals surface area contributed by atoms with Crippen molar-refractivity contribution in [3.8, 4) is 11.5 Å². The summed E-state index contributed by atoms with van der Waals surface area (Å²) in [4.78, 5) is 14.0. The van der Waals surface area contributed by atoms with Crippen LogP contribution in [0.1, 0.15) is 25.0 Å². The molecule has 6 nitrogen and oxygen atoms in total. The van der Waals surface area contributed by atoms with Gasteiger partial charge in [-0.25, -0.2) is 9.97 Å². The van der Waals surface area contributed by atoms with Crippen molar-refractivity contribution in [2.24, 2.45) is 5.92 Å². The summed E-state index contributed by atoms with van der Waals surface area (Å²) in [6, 6.07) is 6.01. The highest BCUT2D eigenvalue weighted by molar-refractivity contribution is 5.54. The van der Waals surface area contributed by atoms with Gasteiger partial charge in [-0.05, 0) is 31.4 Å². The second kappa shape index (κ2) is 8.62. The number of halogens is 3. The Morgan fingerprint density at radius 1 is 1.14 bits per heavy atom. The molecule has 0 amide bonds. The van der Waals surface area contributed by atoms with Crippen molar-refractivity contribution >= 4 is 5.82 Å². The van der Waals surface area contributed by atoms with Crippen molar-refractivity contribution in [2.75, 3.05) is 37.8 Å². The van der Waals surface area contributed by atoms with E-state index in [1.165, 1.54) is 6.20 Å². The zero-order valence-electron chi connectivity index (χ0n) is 15.9. The zero-order valence-corrected chi connectivity index (χ0v) is 15.9. The Hall–Kier alpha value is -2.26. The van der Waals surface area contributed by atoms with Crippen molar-refractivity contribution in [1.29, 1.82) is 0 Å². The summed E-state index contributed by atoms with van der Waals surface area (Å²) >= 11 is 0. The third-order valence-electron chi connectivity index (χ3n) is 5.25. The molecule has 2 fully saturated rings. The van der Waals surface area contributed by atoms with Crippen LogP contribution in [0, 0.1) is 5.92 Å². The van der Waals surface area contributed by atoms with Crippen LogP contribution in [0.25, 0.3) is 11.5 Å². The molecule has 0 N–H and O–H groups in total. The highest BCUT2D eigenvalue weighted by Gasteiger charge is 2.35. The van der Waals surface area contributed by atoms with E-state index in [9.17, 15) is 13.2 Å². The van der Waals surface area contributed by atoms with Crippen LogP contribution < -0.4 is 4.90 Å². The van der Waals surface area contributed by atoms with E-state index >= 15 is 0 Å². The molecule has 1 unspecified atom stereocenters. The van der Waals surface area contributed by atoms with Gasteiger partial charge < -0.3 is 14.4 Å². The lowest BCUT2D eigenvalue weighted by Gasteiger charge is -2.33. The number of piperidine rings is 1. The van der Waals surface area contributed by atoms with E-state index in [1.807, 2.05) is 4.90 Å². The highest BCUT2D eigenvalue weighted by atomic mass is 19.4. The molecule has 1 atom stereocenters. The Kier molecular flexibility index (Phi) is 5.96. The highest BCUT2D eigenvalue weighted by Crippen LogP contribution is 2.32. The zero-order chi connectivity index (χ0) is 20.3. The van der Waals surface area contributed by atoms with Crippen LogP contribution in [-0.2, 0) is 15.7 Å². The Labute approximate surface area is 167 Å². The van der Waals surface area contributed by atoms with Gasteiger partial charge in [-0.15, -0.1) is 0 Å². The van der Waals surface area contributed by atoms with Gasteiger partial charge in [0, 0.05) is 37.9 Å². The first-order valence-electron chi connectivity index (χ1n) is 9.81. The van der Waals surface area contributed by atoms with E-state index in [1.54, 1.807) is 18.2 Å². The molecule has 4 heterocycles. The van der Waals surface area contributed by atoms with Gasteiger partial charge in [0.1, 0.15) is 11.5 Å². The fourth-order valence-corrected chi connectivity index (χ4v) is 3.59. The normalized spacial score (nSPS) is 20.9. The van der Waals surface area contributed by atoms with Crippen LogP contribution in [-0.4, -0.2) is 54.0 Å². The molecule has 0 spiro atoms. The minimum atomic E-state index is -4.55. The van der Waals surface area contributed by atoms with Gasteiger partial charge in [0.05, 0.1) is 19.3 Å². The molecular formula is C20H23F3N4O2. The summed E-state index contributed by atoms with van der Waals surface area (Å²) in [7, 11) is 0. The topological polar surface area (TPSA) is 60.4 Å². The third kappa shape index (κ3) is 5.02. The van der Waals surface area contributed by atoms with Crippen LogP contribution >= 0.6 is 0 Å². The maximum absolute atomic E-state index is 13.4. The van der Waals surface area contributed by atoms with Crippen molar-refractivity contribution in [2.45, 2.75) is 31.5 Å². The van der Waals surface area contributed by atoms with E-state index in [0.29, 0.717) is 31.3 Å². The molecule has 4 rings (SSSR count). The summed E-state index contributed by atoms with van der Waals surface area (Å²) in [5.41, 5.74) is -0.639. The molecule has 0 bridgehead atoms. The number of rotatable bonds is 5. The van der Waals surface area contributed by atoms with Gasteiger partial charge in [0.15, 0.2) is 11.5 Å². The van der Waals surface area contributed by atoms with Crippen LogP contribution in [0.4, 0.5) is 19.0 Å². The van der Waals surface area contributed by atoms with Gasteiger partial charge in [-0.3, -0.25) is 4.98 Å². The number of alkyl halides is 3. The number of anilines is 1. The number of hydrogen-bond acceptors (Lipinski definition) is 6. The average molecular weight is 408 g/mol. The van der Waals surface area contributed by atoms with E-state index in [4.69, 9.17) is 9.47 Å². The number of ether oxygens (including phenoxy) is 2. The minimum Gasteiger partial charge on any atom is -0.381 e. The van der Waals surface area contributed by atoms with Crippen LogP contribution in [0.5, 0.6) is 0 Å². The maximum Gasteiger partial charge on any atom is 0.433 e. The van der Waals surface area contributed by atoms with E-state index < -0.39 is 11.9 Å². The van der Waals surface area contributed by atoms with Crippen molar-refractivity contribution in [3.05, 3.63) is 36.2 Å². The van der Waals surface area contributed by atoms with Gasteiger partial charge in [-0.1, -0.05) is 6.07 Å². The first kappa shape index (κ1) is 20.0. The SMILES string of the molecule is FC(F)(F)c1cc(N2CCC(OCC3CCOC3)CC2)nc(-c2ccccn2)n1. The Bertz CT molecular complexity index is 805. The van der Waals surface area contributed by atoms with E-state index in [0.717, 1.165) is 38.5 Å². The van der Waals surface area contributed by atoms with Crippen molar-refractivity contribution < 1.29 is 22.6 Å². The Morgan fingerprint density at radius 2 is 1.97 bits per heavy atom. The molecule has 2 aliphatic heterocycles. The summed E-state index contributed by atoms with van der Waals surface area (Å²) in [6.07, 6.45) is -0.402. The van der Waals surface area contributed by atoms with E-state index in [-0.39, 0.29) is 17.7 Å². The molecule has 2 aromatic rings. The molecular weight excluding hydrogens is 385 g/mol. The molecule has 0 aromatic carbocycles. The van der Waals surface area contributed by atoms with Gasteiger partial charge in [0.25, 0.3) is 0 Å². The van der Waals surface area contributed by atoms with Crippen molar-refractivity contribution in [1.82, 2.24) is 15.0 Å². The minimum absolute atomic E-state index is 0.0185. The Balaban J connectivity index is 1.46. The second-order valence-corrected chi connectivity index (χ2v) is 7.40. The lowest BCUT2D eigenvalue weighted by molar-refractivity contribution is -0.141. The number of aromatic nitrogens is 3. The van der Waals surface area contributed by atoms with Gasteiger partial charge in [0.2, 0.25) is 0 Å². The molecule has 2 saturated heterocycles. The van der Waals surface area contributed by atoms with Gasteiger partial charge in [-0.2, -0.15) is 13.2 Å². The monoisotopic (exact) mass is 408 g/mol. The molecule has 2 aromatic heterocycles. The molecule has 0 radical (unpaired) electrons. The number of nitrogens with zero attached hydrogens (tertiary/aromatic N) is 4. The molecule has 9 heteroatoms. The maximum atomic E-state index is 13.4. The van der Waals surface area contributed by atoms with Crippen LogP contribution in [0.3, 0.4) is 0 Å². The standard InChI is InChI=1S/C20H23F3N4O2/c21-20(22,23)17-11-18(26-19(25-17)16-3-1-2-7-24-16)27-8-4-15(5-9-27)29-13-14-6-10-28-12-14/h1-3,7,11,14-15H,4-6,8-10,12-13H2. The number of hydrogen-bond donors (Lipinski definition) is 0. The predicted octanol–water partition coefficient (Wildman–Crippen LogP) is 3.58. The molecule has 0 aliphatic carbocycles. The smallest absolute Gasteiger partial charge is 0.381 e. The molecule has 2 aliphatic rings. The summed E-state index contributed by atoms with van der Waals surface area (Å²) in [6.45, 7) is 3.39. The first-order chi connectivity index (χ1) is 14.0. The fraction of sp³-hybridized carbons (Fsp3) is 0.550. The predicted molar refractivity (Wildman–Crippen MR) is 100 cm³/mol. The first-order valence-corrected chi connectivity index (χ1v) is 9.81. The summed E-state index contributed by atoms with van der Waals surface area (Å²) in [5, 5.41) is 0. The summed E-state index contributed by atoms with van der Waals surface area (Å²) < 4.78 is 51.5. The largest absolute Gasteiger partial charge is 0.433 e. The summed E-state index contributed by atoms with van der Waals surface area (Å²) in [5.74, 6) is 0.704. The molecule has 0 saturated carbocycles. The quantitative estimate of drug-likeness (QED) is 0.754. The molecule has 29 heavy (non-hydrogen) atoms. The Morgan fingerprint density at radius 3 is 2.62 bits per heavy atom. The fourth-order valence-electron chi connectivity index (χ4n) is 3.59. The third-order valence-corrected chi connectivity index (χ3v) is 5.25. The van der Waals surface area contributed by atoms with E-state index in [2.05, 4.69) is 15.0 Å². The lowest BCUT2D eigenvalue weighted by Crippen LogP contribution is -2.38. The van der Waals surface area contributed by atoms with Gasteiger partial charge >= 0.3 is 6.18 Å². The average Bonchev–Trinajstić information content (AvgIpc) is 3.26. The van der Waals surface area contributed by atoms with Crippen LogP contribution in [0.15, 0.2) is 30.5 Å². The number of pyridine rings is 1. The van der Waals surface area contributed by atoms with Crippen molar-refractivity contribution in [3.63, 3.8) is 0 Å². The second-order valence-electron chi connectivity index (χ2n) is 7.40. The molecule has 156 valence electrons. The van der Waals surface area contributed by atoms with Crippen LogP contribution in [0.2, 0.25) is 0 Å². The lowest BCUT2D eigenvalue weighted by atomic mass is 10.1.